The van der Waals surface area contributed by atoms with Gasteiger partial charge in [0.2, 0.25) is 0 Å². The largest absolute Gasteiger partial charge is 0.376 e. The minimum atomic E-state index is 0.0758. The van der Waals surface area contributed by atoms with Crippen molar-refractivity contribution in [2.45, 2.75) is 43.4 Å². The zero-order valence-corrected chi connectivity index (χ0v) is 12.3. The zero-order chi connectivity index (χ0) is 13.1. The van der Waals surface area contributed by atoms with E-state index in [1.54, 1.807) is 0 Å². The van der Waals surface area contributed by atoms with E-state index in [0.29, 0.717) is 25.7 Å². The summed E-state index contributed by atoms with van der Waals surface area (Å²) < 4.78 is 17.4. The molecular formula is C14H25NO3S. The highest BCUT2D eigenvalue weighted by molar-refractivity contribution is 7.99. The molecule has 1 spiro atoms. The summed E-state index contributed by atoms with van der Waals surface area (Å²) in [6, 6.07) is 0.0932. The van der Waals surface area contributed by atoms with Crippen molar-refractivity contribution in [1.82, 2.24) is 0 Å². The van der Waals surface area contributed by atoms with Crippen molar-refractivity contribution >= 4 is 11.8 Å². The molecule has 0 bridgehead atoms. The van der Waals surface area contributed by atoms with Gasteiger partial charge in [0.25, 0.3) is 0 Å². The van der Waals surface area contributed by atoms with E-state index in [9.17, 15) is 0 Å². The van der Waals surface area contributed by atoms with Gasteiger partial charge in [0.05, 0.1) is 31.5 Å². The van der Waals surface area contributed by atoms with Gasteiger partial charge in [0.15, 0.2) is 0 Å². The van der Waals surface area contributed by atoms with Gasteiger partial charge in [0, 0.05) is 12.6 Å². The average Bonchev–Trinajstić information content (AvgIpc) is 2.48. The van der Waals surface area contributed by atoms with Crippen molar-refractivity contribution < 1.29 is 14.2 Å². The molecule has 4 nitrogen and oxygen atoms in total. The summed E-state index contributed by atoms with van der Waals surface area (Å²) in [6.07, 6.45) is 4.61. The maximum atomic E-state index is 6.45. The molecule has 3 unspecified atom stereocenters. The van der Waals surface area contributed by atoms with E-state index in [4.69, 9.17) is 19.9 Å². The van der Waals surface area contributed by atoms with Crippen LogP contribution in [0.4, 0.5) is 0 Å². The highest BCUT2D eigenvalue weighted by Gasteiger charge is 2.42. The Bertz CT molecular complexity index is 285. The quantitative estimate of drug-likeness (QED) is 0.832. The number of hydrogen-bond donors (Lipinski definition) is 1. The lowest BCUT2D eigenvalue weighted by Crippen LogP contribution is -2.53. The van der Waals surface area contributed by atoms with Gasteiger partial charge >= 0.3 is 0 Å². The smallest absolute Gasteiger partial charge is 0.0962 e. The van der Waals surface area contributed by atoms with Gasteiger partial charge in [-0.15, -0.1) is 0 Å². The normalized spacial score (nSPS) is 37.1. The summed E-state index contributed by atoms with van der Waals surface area (Å²) >= 11 is 2.04. The highest BCUT2D eigenvalue weighted by Crippen LogP contribution is 2.41. The van der Waals surface area contributed by atoms with E-state index in [0.717, 1.165) is 19.4 Å². The average molecular weight is 287 g/mol. The second-order valence-electron chi connectivity index (χ2n) is 5.96. The van der Waals surface area contributed by atoms with Gasteiger partial charge < -0.3 is 19.9 Å². The van der Waals surface area contributed by atoms with E-state index < -0.39 is 0 Å². The van der Waals surface area contributed by atoms with Crippen molar-refractivity contribution in [2.24, 2.45) is 11.7 Å². The van der Waals surface area contributed by atoms with E-state index in [1.807, 2.05) is 11.8 Å². The first-order valence-corrected chi connectivity index (χ1v) is 8.61. The van der Waals surface area contributed by atoms with Crippen LogP contribution in [0.15, 0.2) is 0 Å². The van der Waals surface area contributed by atoms with Crippen molar-refractivity contribution in [3.05, 3.63) is 0 Å². The van der Waals surface area contributed by atoms with Crippen LogP contribution < -0.4 is 5.73 Å². The first-order chi connectivity index (χ1) is 9.29. The van der Waals surface area contributed by atoms with Crippen LogP contribution in [0, 0.1) is 5.92 Å². The molecule has 0 aliphatic carbocycles. The third-order valence-electron chi connectivity index (χ3n) is 4.75. The van der Waals surface area contributed by atoms with Crippen LogP contribution in [0.3, 0.4) is 0 Å². The zero-order valence-electron chi connectivity index (χ0n) is 11.5. The fourth-order valence-electron chi connectivity index (χ4n) is 3.52. The minimum Gasteiger partial charge on any atom is -0.376 e. The van der Waals surface area contributed by atoms with Crippen LogP contribution >= 0.6 is 11.8 Å². The fraction of sp³-hybridized carbons (Fsp3) is 1.00. The van der Waals surface area contributed by atoms with Crippen molar-refractivity contribution in [1.29, 1.82) is 0 Å². The molecule has 110 valence electrons. The monoisotopic (exact) mass is 287 g/mol. The summed E-state index contributed by atoms with van der Waals surface area (Å²) in [4.78, 5) is 0. The molecule has 0 saturated carbocycles. The molecule has 3 rings (SSSR count). The van der Waals surface area contributed by atoms with E-state index in [-0.39, 0.29) is 17.7 Å². The molecule has 3 saturated heterocycles. The molecule has 3 fully saturated rings. The molecule has 0 amide bonds. The minimum absolute atomic E-state index is 0.0758. The van der Waals surface area contributed by atoms with Gasteiger partial charge in [-0.3, -0.25) is 0 Å². The van der Waals surface area contributed by atoms with Crippen LogP contribution in [0.1, 0.15) is 25.7 Å². The molecule has 0 aromatic rings. The Morgan fingerprint density at radius 2 is 2.00 bits per heavy atom. The number of hydrogen-bond acceptors (Lipinski definition) is 5. The summed E-state index contributed by atoms with van der Waals surface area (Å²) in [7, 11) is 0. The van der Waals surface area contributed by atoms with Crippen molar-refractivity contribution in [3.63, 3.8) is 0 Å². The first-order valence-electron chi connectivity index (χ1n) is 7.46. The Morgan fingerprint density at radius 3 is 2.74 bits per heavy atom. The standard InChI is InChI=1S/C14H25NO3S/c15-13(12-10-16-5-6-17-12)11-1-4-18-14(9-11)2-7-19-8-3-14/h11-13H,1-10,15H2. The van der Waals surface area contributed by atoms with Gasteiger partial charge in [-0.2, -0.15) is 11.8 Å². The second kappa shape index (κ2) is 6.31. The molecule has 5 heteroatoms. The summed E-state index contributed by atoms with van der Waals surface area (Å²) in [6.45, 7) is 2.90. The second-order valence-corrected chi connectivity index (χ2v) is 7.18. The highest BCUT2D eigenvalue weighted by atomic mass is 32.2. The molecule has 0 radical (unpaired) electrons. The Morgan fingerprint density at radius 1 is 1.16 bits per heavy atom. The number of thioether (sulfide) groups is 1. The van der Waals surface area contributed by atoms with Crippen LogP contribution in [0.25, 0.3) is 0 Å². The van der Waals surface area contributed by atoms with E-state index in [1.165, 1.54) is 24.3 Å². The van der Waals surface area contributed by atoms with Crippen LogP contribution in [0.5, 0.6) is 0 Å². The van der Waals surface area contributed by atoms with Crippen LogP contribution in [-0.4, -0.2) is 55.7 Å². The lowest BCUT2D eigenvalue weighted by atomic mass is 9.77. The molecule has 3 aliphatic rings. The SMILES string of the molecule is NC(C1CCOC2(CCSCC2)C1)C1COCCO1. The molecule has 19 heavy (non-hydrogen) atoms. The molecular weight excluding hydrogens is 262 g/mol. The Hall–Kier alpha value is 0.190. The van der Waals surface area contributed by atoms with Crippen LogP contribution in [-0.2, 0) is 14.2 Å². The topological polar surface area (TPSA) is 53.7 Å². The van der Waals surface area contributed by atoms with Gasteiger partial charge in [0.1, 0.15) is 0 Å². The predicted octanol–water partition coefficient (Wildman–Crippen LogP) is 1.42. The third-order valence-corrected chi connectivity index (χ3v) is 5.74. The van der Waals surface area contributed by atoms with Gasteiger partial charge in [-0.05, 0) is 43.1 Å². The molecule has 0 aromatic heterocycles. The lowest BCUT2D eigenvalue weighted by molar-refractivity contribution is -0.134. The van der Waals surface area contributed by atoms with Crippen molar-refractivity contribution in [3.8, 4) is 0 Å². The summed E-state index contributed by atoms with van der Waals surface area (Å²) in [5, 5.41) is 0. The van der Waals surface area contributed by atoms with E-state index in [2.05, 4.69) is 0 Å². The molecule has 3 aliphatic heterocycles. The number of ether oxygens (including phenoxy) is 3. The molecule has 2 N–H and O–H groups in total. The Labute approximate surface area is 119 Å². The maximum Gasteiger partial charge on any atom is 0.0962 e. The number of rotatable bonds is 2. The lowest BCUT2D eigenvalue weighted by Gasteiger charge is -2.46. The van der Waals surface area contributed by atoms with Gasteiger partial charge in [-0.25, -0.2) is 0 Å². The first kappa shape index (κ1) is 14.1. The van der Waals surface area contributed by atoms with Crippen molar-refractivity contribution in [2.75, 3.05) is 37.9 Å². The Kier molecular flexibility index (Phi) is 4.70. The molecule has 3 heterocycles. The van der Waals surface area contributed by atoms with Gasteiger partial charge in [-0.1, -0.05) is 0 Å². The van der Waals surface area contributed by atoms with Crippen LogP contribution in [0.2, 0.25) is 0 Å². The number of nitrogens with two attached hydrogens (primary N) is 1. The molecule has 0 aromatic carbocycles. The molecule has 3 atom stereocenters. The summed E-state index contributed by atoms with van der Waals surface area (Å²) in [5.74, 6) is 2.97. The third kappa shape index (κ3) is 3.27. The predicted molar refractivity (Wildman–Crippen MR) is 76.5 cm³/mol. The Balaban J connectivity index is 1.60. The maximum absolute atomic E-state index is 6.45. The fourth-order valence-corrected chi connectivity index (χ4v) is 4.75. The van der Waals surface area contributed by atoms with E-state index >= 15 is 0 Å². The summed E-state index contributed by atoms with van der Waals surface area (Å²) in [5.41, 5.74) is 6.56.